The van der Waals surface area contributed by atoms with Crippen LogP contribution >= 0.6 is 10.0 Å². The van der Waals surface area contributed by atoms with Crippen LogP contribution in [0.15, 0.2) is 232 Å². The van der Waals surface area contributed by atoms with E-state index < -0.39 is 10.0 Å². The first-order valence-corrected chi connectivity index (χ1v) is 22.4. The van der Waals surface area contributed by atoms with Gasteiger partial charge >= 0.3 is 6.85 Å². The molecule has 9 aromatic rings. The maximum absolute atomic E-state index is 2.73. The zero-order valence-corrected chi connectivity index (χ0v) is 33.9. The van der Waals surface area contributed by atoms with Crippen LogP contribution in [-0.2, 0) is 0 Å². The number of fused-ring (bicyclic) bond motifs is 13. The van der Waals surface area contributed by atoms with Crippen LogP contribution in [0.4, 0.5) is 45.5 Å². The van der Waals surface area contributed by atoms with E-state index in [1.54, 1.807) is 0 Å². The zero-order chi connectivity index (χ0) is 39.5. The second kappa shape index (κ2) is 12.6. The second-order valence-corrected chi connectivity index (χ2v) is 19.1. The molecule has 4 aliphatic heterocycles. The molecule has 13 rings (SSSR count). The van der Waals surface area contributed by atoms with Crippen LogP contribution in [0.2, 0.25) is 0 Å². The summed E-state index contributed by atoms with van der Waals surface area (Å²) >= 11 is 0. The Morgan fingerprint density at radius 3 is 1.67 bits per heavy atom. The van der Waals surface area contributed by atoms with Gasteiger partial charge in [0.15, 0.2) is 0 Å². The third-order valence-corrected chi connectivity index (χ3v) is 17.0. The molecule has 9 aromatic carbocycles. The minimum Gasteiger partial charge on any atom is -0.375 e. The van der Waals surface area contributed by atoms with Crippen molar-refractivity contribution in [1.82, 2.24) is 0 Å². The monoisotopic (exact) mass is 783 g/mol. The normalized spacial score (nSPS) is 14.7. The first-order valence-electron chi connectivity index (χ1n) is 20.8. The van der Waals surface area contributed by atoms with Crippen molar-refractivity contribution < 1.29 is 0 Å². The lowest BCUT2D eigenvalue weighted by Crippen LogP contribution is -2.62. The van der Waals surface area contributed by atoms with Crippen molar-refractivity contribution in [3.05, 3.63) is 218 Å². The molecule has 0 fully saturated rings. The van der Waals surface area contributed by atoms with Gasteiger partial charge in [0, 0.05) is 65.0 Å². The van der Waals surface area contributed by atoms with Crippen molar-refractivity contribution in [1.29, 1.82) is 0 Å². The predicted molar refractivity (Wildman–Crippen MR) is 252 cm³/mol. The van der Waals surface area contributed by atoms with Gasteiger partial charge in [-0.05, 0) is 125 Å². The molecule has 0 radical (unpaired) electrons. The molecule has 60 heavy (non-hydrogen) atoms. The number of nitrogens with zero attached hydrogens (tertiary/aromatic N) is 3. The average molecular weight is 784 g/mol. The molecule has 0 saturated carbocycles. The number of hydrogen-bond donors (Lipinski definition) is 0. The van der Waals surface area contributed by atoms with Gasteiger partial charge in [0.25, 0.3) is 0 Å². The Morgan fingerprint density at radius 1 is 0.417 bits per heavy atom. The van der Waals surface area contributed by atoms with Crippen molar-refractivity contribution in [2.45, 2.75) is 26.5 Å². The van der Waals surface area contributed by atoms with E-state index in [1.807, 2.05) is 0 Å². The maximum atomic E-state index is 2.73. The summed E-state index contributed by atoms with van der Waals surface area (Å²) in [6, 6.07) is 79.4. The topological polar surface area (TPSA) is 9.72 Å². The van der Waals surface area contributed by atoms with Crippen LogP contribution in [0.1, 0.15) is 5.56 Å². The Morgan fingerprint density at radius 2 is 0.983 bits per heavy atom. The maximum Gasteiger partial charge on any atom is 0.333 e. The highest BCUT2D eigenvalue weighted by molar-refractivity contribution is 8.34. The molecule has 0 atom stereocenters. The lowest BCUT2D eigenvalue weighted by Gasteiger charge is -2.54. The number of hydrogen-bond acceptors (Lipinski definition) is 3. The summed E-state index contributed by atoms with van der Waals surface area (Å²) in [5.74, 6) is 0. The zero-order valence-electron chi connectivity index (χ0n) is 33.0. The summed E-state index contributed by atoms with van der Waals surface area (Å²) in [6.45, 7) is 2.20. The number of rotatable bonds is 4. The lowest BCUT2D eigenvalue weighted by molar-refractivity contribution is 1.16. The fraction of sp³-hybridized carbons (Fsp3) is 0.0182. The van der Waals surface area contributed by atoms with Crippen molar-refractivity contribution in [2.75, 3.05) is 14.6 Å². The van der Waals surface area contributed by atoms with E-state index in [0.29, 0.717) is 0 Å². The lowest BCUT2D eigenvalue weighted by atomic mass is 9.43. The van der Waals surface area contributed by atoms with E-state index in [1.165, 1.54) is 81.1 Å². The van der Waals surface area contributed by atoms with Crippen LogP contribution in [0.3, 0.4) is 0 Å². The van der Waals surface area contributed by atoms with E-state index in [4.69, 9.17) is 0 Å². The minimum absolute atomic E-state index is 0.0695. The van der Waals surface area contributed by atoms with Crippen molar-refractivity contribution in [2.24, 2.45) is 0 Å². The van der Waals surface area contributed by atoms with Gasteiger partial charge in [0.2, 0.25) is 0 Å². The number of aryl methyl sites for hydroxylation is 1. The molecule has 0 unspecified atom stereocenters. The van der Waals surface area contributed by atoms with Crippen molar-refractivity contribution >= 4 is 73.3 Å². The Bertz CT molecular complexity index is 3120. The Balaban J connectivity index is 1.14. The molecule has 3 nitrogen and oxygen atoms in total. The summed E-state index contributed by atoms with van der Waals surface area (Å²) in [6.07, 6.45) is 0. The van der Waals surface area contributed by atoms with Gasteiger partial charge in [-0.1, -0.05) is 127 Å². The molecule has 4 heterocycles. The van der Waals surface area contributed by atoms with Gasteiger partial charge in [0.05, 0.1) is 5.69 Å². The summed E-state index contributed by atoms with van der Waals surface area (Å²) in [5, 5.41) is 0. The van der Waals surface area contributed by atoms with E-state index in [9.17, 15) is 0 Å². The molecule has 0 N–H and O–H groups in total. The molecular formula is C55H38BN3S. The van der Waals surface area contributed by atoms with Crippen LogP contribution in [0.25, 0.3) is 22.3 Å². The Kier molecular flexibility index (Phi) is 7.11. The Labute approximate surface area is 352 Å². The molecule has 0 amide bonds. The van der Waals surface area contributed by atoms with Gasteiger partial charge in [-0.25, -0.2) is 0 Å². The van der Waals surface area contributed by atoms with E-state index in [2.05, 4.69) is 234 Å². The fourth-order valence-corrected chi connectivity index (χ4v) is 15.3. The fourth-order valence-electron chi connectivity index (χ4n) is 10.7. The quantitative estimate of drug-likeness (QED) is 0.165. The van der Waals surface area contributed by atoms with Gasteiger partial charge < -0.3 is 14.6 Å². The predicted octanol–water partition coefficient (Wildman–Crippen LogP) is 13.8. The third kappa shape index (κ3) is 4.42. The standard InChI is InChI=1S/C55H38BN3S/c1-37-34-45-44-26-17-31-53-55(44)59(47-27-13-16-30-52(47)60(53)50-28-14-11-24-42(50)43-25-12-15-29-51(43)60)56-46-33-32-41(57(38-18-5-2-6-19-38)39-20-7-3-8-21-39)36-48(46)58(49(35-37)54(45)56)40-22-9-4-10-23-40/h2-36H,1H3. The summed E-state index contributed by atoms with van der Waals surface area (Å²) in [7, 11) is -1.84. The first kappa shape index (κ1) is 33.7. The summed E-state index contributed by atoms with van der Waals surface area (Å²) in [4.78, 5) is 13.3. The van der Waals surface area contributed by atoms with Crippen LogP contribution in [-0.4, -0.2) is 6.85 Å². The minimum atomic E-state index is -1.84. The largest absolute Gasteiger partial charge is 0.375 e. The van der Waals surface area contributed by atoms with E-state index in [0.717, 1.165) is 22.7 Å². The van der Waals surface area contributed by atoms with Crippen LogP contribution < -0.4 is 25.5 Å². The molecular weight excluding hydrogens is 746 g/mol. The summed E-state index contributed by atoms with van der Waals surface area (Å²) < 4.78 is 0. The second-order valence-electron chi connectivity index (χ2n) is 16.2. The van der Waals surface area contributed by atoms with Gasteiger partial charge in [-0.15, -0.1) is 10.0 Å². The van der Waals surface area contributed by atoms with Crippen molar-refractivity contribution in [3.63, 3.8) is 0 Å². The molecule has 1 spiro atoms. The highest BCUT2D eigenvalue weighted by Crippen LogP contribution is 2.84. The van der Waals surface area contributed by atoms with Gasteiger partial charge in [-0.2, -0.15) is 0 Å². The first-order chi connectivity index (χ1) is 29.7. The van der Waals surface area contributed by atoms with Crippen LogP contribution in [0, 0.1) is 6.92 Å². The molecule has 0 aromatic heterocycles. The van der Waals surface area contributed by atoms with Crippen molar-refractivity contribution in [3.8, 4) is 22.3 Å². The highest BCUT2D eigenvalue weighted by Gasteiger charge is 2.54. The number of benzene rings is 9. The highest BCUT2D eigenvalue weighted by atomic mass is 32.3. The molecule has 4 aliphatic rings. The average Bonchev–Trinajstić information content (AvgIpc) is 3.60. The third-order valence-electron chi connectivity index (χ3n) is 13.0. The van der Waals surface area contributed by atoms with E-state index >= 15 is 0 Å². The molecule has 0 aliphatic carbocycles. The molecule has 0 saturated heterocycles. The smallest absolute Gasteiger partial charge is 0.333 e. The molecule has 5 heteroatoms. The SMILES string of the molecule is Cc1cc2c3c(c1)N(c1ccccc1)c1cc(N(c4ccccc4)c4ccccc4)ccc1B3N1c3ccccc3S3(c4ccccc4-c4ccccc43)c3cccc-2c31. The number of anilines is 8. The van der Waals surface area contributed by atoms with Crippen LogP contribution in [0.5, 0.6) is 0 Å². The number of para-hydroxylation sites is 5. The van der Waals surface area contributed by atoms with Gasteiger partial charge in [-0.3, -0.25) is 0 Å². The van der Waals surface area contributed by atoms with E-state index in [-0.39, 0.29) is 6.85 Å². The summed E-state index contributed by atoms with van der Waals surface area (Å²) in [5.41, 5.74) is 18.8. The molecule has 282 valence electrons. The Hall–Kier alpha value is -7.21. The van der Waals surface area contributed by atoms with Gasteiger partial charge in [0.1, 0.15) is 0 Å². The molecule has 0 bridgehead atoms.